The van der Waals surface area contributed by atoms with E-state index in [1.54, 1.807) is 6.92 Å². The van der Waals surface area contributed by atoms with Crippen LogP contribution in [0.1, 0.15) is 17.4 Å². The number of rotatable bonds is 7. The van der Waals surface area contributed by atoms with Gasteiger partial charge < -0.3 is 14.2 Å². The van der Waals surface area contributed by atoms with E-state index >= 15 is 0 Å². The zero-order valence-electron chi connectivity index (χ0n) is 16.4. The van der Waals surface area contributed by atoms with E-state index in [4.69, 9.17) is 18.4 Å². The van der Waals surface area contributed by atoms with Crippen LogP contribution in [0.25, 0.3) is 0 Å². The van der Waals surface area contributed by atoms with Crippen LogP contribution in [-0.2, 0) is 35.1 Å². The highest BCUT2D eigenvalue weighted by molar-refractivity contribution is 7.85. The zero-order chi connectivity index (χ0) is 21.5. The summed E-state index contributed by atoms with van der Waals surface area (Å²) in [5, 5.41) is 0. The summed E-state index contributed by atoms with van der Waals surface area (Å²) in [6.45, 7) is 1.52. The summed E-state index contributed by atoms with van der Waals surface area (Å²) in [4.78, 5) is 26.3. The molecule has 2 fully saturated rings. The topological polar surface area (TPSA) is 126 Å². The minimum absolute atomic E-state index is 0.0419. The number of ether oxygens (including phenoxy) is 3. The second-order valence-corrected chi connectivity index (χ2v) is 9.15. The Balaban J connectivity index is 1.65. The molecule has 1 N–H and O–H groups in total. The van der Waals surface area contributed by atoms with E-state index < -0.39 is 45.4 Å². The van der Waals surface area contributed by atoms with Gasteiger partial charge >= 0.3 is 5.69 Å². The van der Waals surface area contributed by atoms with Crippen LogP contribution in [0.3, 0.4) is 0 Å². The van der Waals surface area contributed by atoms with Crippen molar-refractivity contribution in [2.45, 2.75) is 37.6 Å². The molecule has 2 aromatic rings. The van der Waals surface area contributed by atoms with Gasteiger partial charge in [-0.25, -0.2) is 4.79 Å². The molecule has 2 bridgehead atoms. The molecule has 2 aliphatic rings. The Morgan fingerprint density at radius 2 is 2.00 bits per heavy atom. The third-order valence-corrected chi connectivity index (χ3v) is 5.73. The molecular weight excluding hydrogens is 416 g/mol. The number of nitrogens with one attached hydrogen (secondary N) is 1. The third kappa shape index (κ3) is 3.98. The molecule has 4 atom stereocenters. The first-order valence-electron chi connectivity index (χ1n) is 9.30. The lowest BCUT2D eigenvalue weighted by Crippen LogP contribution is -2.47. The second kappa shape index (κ2) is 7.75. The summed E-state index contributed by atoms with van der Waals surface area (Å²) < 4.78 is 47.4. The number of H-pyrrole nitrogens is 1. The van der Waals surface area contributed by atoms with E-state index in [2.05, 4.69) is 4.98 Å². The molecule has 0 amide bonds. The Morgan fingerprint density at radius 3 is 2.70 bits per heavy atom. The summed E-state index contributed by atoms with van der Waals surface area (Å²) in [5.74, 6) is 0. The molecule has 10 nitrogen and oxygen atoms in total. The van der Waals surface area contributed by atoms with Gasteiger partial charge in [0.1, 0.15) is 24.4 Å². The number of benzene rings is 1. The number of aryl methyl sites for hydroxylation is 1. The van der Waals surface area contributed by atoms with E-state index in [0.29, 0.717) is 5.56 Å². The lowest BCUT2D eigenvalue weighted by molar-refractivity contribution is -0.185. The molecule has 0 aliphatic carbocycles. The van der Waals surface area contributed by atoms with Gasteiger partial charge in [0.2, 0.25) is 0 Å². The number of aromatic nitrogens is 2. The number of fused-ring (bicyclic) bond motifs is 2. The molecule has 0 unspecified atom stereocenters. The molecule has 0 saturated carbocycles. The Labute approximate surface area is 172 Å². The van der Waals surface area contributed by atoms with E-state index in [0.717, 1.165) is 11.8 Å². The van der Waals surface area contributed by atoms with Gasteiger partial charge in [0, 0.05) is 11.8 Å². The summed E-state index contributed by atoms with van der Waals surface area (Å²) in [5.41, 5.74) is -1.14. The normalized spacial score (nSPS) is 28.1. The summed E-state index contributed by atoms with van der Waals surface area (Å²) in [6, 6.07) is 9.43. The SMILES string of the molecule is Cc1cn([C@@H]2O[C@@]3(COS(C)(=O)=O)CO[C@@H]2[C@@H]3OCc2ccccc2)c(=O)[nH]c1=O. The van der Waals surface area contributed by atoms with Gasteiger partial charge in [-0.2, -0.15) is 8.42 Å². The van der Waals surface area contributed by atoms with Crippen molar-refractivity contribution in [1.29, 1.82) is 0 Å². The van der Waals surface area contributed by atoms with Crippen molar-refractivity contribution < 1.29 is 26.8 Å². The highest BCUT2D eigenvalue weighted by atomic mass is 32.2. The summed E-state index contributed by atoms with van der Waals surface area (Å²) in [7, 11) is -3.74. The maximum atomic E-state index is 12.4. The van der Waals surface area contributed by atoms with Gasteiger partial charge in [0.15, 0.2) is 6.23 Å². The van der Waals surface area contributed by atoms with Crippen LogP contribution in [0.2, 0.25) is 0 Å². The molecule has 2 saturated heterocycles. The number of hydrogen-bond acceptors (Lipinski definition) is 8. The Bertz CT molecular complexity index is 1140. The number of aromatic amines is 1. The van der Waals surface area contributed by atoms with Gasteiger partial charge in [-0.3, -0.25) is 18.5 Å². The van der Waals surface area contributed by atoms with Crippen LogP contribution in [0.4, 0.5) is 0 Å². The molecular formula is C19H22N2O8S. The van der Waals surface area contributed by atoms with Crippen molar-refractivity contribution in [3.05, 3.63) is 68.5 Å². The fourth-order valence-corrected chi connectivity index (χ4v) is 4.12. The molecule has 0 radical (unpaired) electrons. The van der Waals surface area contributed by atoms with Crippen LogP contribution in [0.15, 0.2) is 46.1 Å². The molecule has 162 valence electrons. The molecule has 2 aliphatic heterocycles. The average molecular weight is 438 g/mol. The molecule has 1 aromatic carbocycles. The van der Waals surface area contributed by atoms with Crippen molar-refractivity contribution >= 4 is 10.1 Å². The Hall–Kier alpha value is -2.31. The first-order chi connectivity index (χ1) is 14.2. The van der Waals surface area contributed by atoms with Gasteiger partial charge in [-0.15, -0.1) is 0 Å². The zero-order valence-corrected chi connectivity index (χ0v) is 17.3. The fraction of sp³-hybridized carbons (Fsp3) is 0.474. The van der Waals surface area contributed by atoms with Crippen LogP contribution in [-0.4, -0.2) is 55.2 Å². The van der Waals surface area contributed by atoms with Crippen LogP contribution in [0.5, 0.6) is 0 Å². The lowest BCUT2D eigenvalue weighted by Gasteiger charge is -2.31. The Morgan fingerprint density at radius 1 is 1.27 bits per heavy atom. The third-order valence-electron chi connectivity index (χ3n) is 5.18. The van der Waals surface area contributed by atoms with Gasteiger partial charge in [-0.05, 0) is 12.5 Å². The average Bonchev–Trinajstić information content (AvgIpc) is 3.20. The first kappa shape index (κ1) is 20.9. The van der Waals surface area contributed by atoms with Crippen LogP contribution < -0.4 is 11.2 Å². The molecule has 30 heavy (non-hydrogen) atoms. The van der Waals surface area contributed by atoms with Crippen LogP contribution in [0, 0.1) is 6.92 Å². The largest absolute Gasteiger partial charge is 0.367 e. The minimum Gasteiger partial charge on any atom is -0.367 e. The lowest BCUT2D eigenvalue weighted by atomic mass is 10.00. The van der Waals surface area contributed by atoms with Crippen molar-refractivity contribution in [3.63, 3.8) is 0 Å². The van der Waals surface area contributed by atoms with E-state index in [1.165, 1.54) is 10.8 Å². The fourth-order valence-electron chi connectivity index (χ4n) is 3.71. The van der Waals surface area contributed by atoms with Crippen molar-refractivity contribution in [2.24, 2.45) is 0 Å². The van der Waals surface area contributed by atoms with Crippen molar-refractivity contribution in [2.75, 3.05) is 19.5 Å². The van der Waals surface area contributed by atoms with E-state index in [1.807, 2.05) is 30.3 Å². The maximum absolute atomic E-state index is 12.4. The van der Waals surface area contributed by atoms with E-state index in [9.17, 15) is 18.0 Å². The monoisotopic (exact) mass is 438 g/mol. The summed E-state index contributed by atoms with van der Waals surface area (Å²) in [6.07, 6.45) is 0.0306. The maximum Gasteiger partial charge on any atom is 0.330 e. The van der Waals surface area contributed by atoms with Crippen LogP contribution >= 0.6 is 0 Å². The Kier molecular flexibility index (Phi) is 5.41. The highest BCUT2D eigenvalue weighted by Crippen LogP contribution is 2.46. The number of hydrogen-bond donors (Lipinski definition) is 1. The second-order valence-electron chi connectivity index (χ2n) is 7.51. The first-order valence-corrected chi connectivity index (χ1v) is 11.1. The van der Waals surface area contributed by atoms with Gasteiger partial charge in [0.25, 0.3) is 15.7 Å². The molecule has 4 rings (SSSR count). The molecule has 11 heteroatoms. The number of nitrogens with zero attached hydrogens (tertiary/aromatic N) is 1. The summed E-state index contributed by atoms with van der Waals surface area (Å²) >= 11 is 0. The highest BCUT2D eigenvalue weighted by Gasteiger charge is 2.63. The van der Waals surface area contributed by atoms with Crippen molar-refractivity contribution in [3.8, 4) is 0 Å². The predicted octanol–water partition coefficient (Wildman–Crippen LogP) is 0.0730. The smallest absolute Gasteiger partial charge is 0.330 e. The molecule has 3 heterocycles. The van der Waals surface area contributed by atoms with Gasteiger partial charge in [-0.1, -0.05) is 30.3 Å². The van der Waals surface area contributed by atoms with E-state index in [-0.39, 0.29) is 19.8 Å². The quantitative estimate of drug-likeness (QED) is 0.602. The predicted molar refractivity (Wildman–Crippen MR) is 104 cm³/mol. The van der Waals surface area contributed by atoms with Gasteiger partial charge in [0.05, 0.1) is 19.5 Å². The standard InChI is InChI=1S/C19H22N2O8S/c1-12-8-21(18(23)20-16(12)22)17-14-15(26-9-13-6-4-3-5-7-13)19(29-17,10-27-14)11-28-30(2,24)25/h3-8,14-15,17H,9-11H2,1-2H3,(H,20,22,23)/t14-,15+,17-,19-/m1/s1. The molecule has 1 aromatic heterocycles. The molecule has 0 spiro atoms. The minimum atomic E-state index is -3.74. The van der Waals surface area contributed by atoms with Crippen molar-refractivity contribution in [1.82, 2.24) is 9.55 Å².